The first-order chi connectivity index (χ1) is 12.3. The maximum Gasteiger partial charge on any atom is 0.254 e. The van der Waals surface area contributed by atoms with E-state index in [-0.39, 0.29) is 18.5 Å². The van der Waals surface area contributed by atoms with E-state index in [0.717, 1.165) is 36.8 Å². The third-order valence-corrected chi connectivity index (χ3v) is 5.50. The molecule has 6 nitrogen and oxygen atoms in total. The van der Waals surface area contributed by atoms with Crippen molar-refractivity contribution in [2.75, 3.05) is 19.3 Å². The molecule has 0 radical (unpaired) electrons. The number of carbonyl (C=O) groups is 1. The van der Waals surface area contributed by atoms with Gasteiger partial charge in [0.25, 0.3) is 5.91 Å². The minimum atomic E-state index is -3.27. The molecule has 26 heavy (non-hydrogen) atoms. The van der Waals surface area contributed by atoms with Gasteiger partial charge in [-0.3, -0.25) is 4.79 Å². The lowest BCUT2D eigenvalue weighted by atomic mass is 10.00. The Morgan fingerprint density at radius 1 is 1.23 bits per heavy atom. The van der Waals surface area contributed by atoms with Crippen LogP contribution in [0.5, 0.6) is 0 Å². The van der Waals surface area contributed by atoms with Crippen molar-refractivity contribution in [2.24, 2.45) is 0 Å². The molecule has 140 valence electrons. The van der Waals surface area contributed by atoms with Gasteiger partial charge in [-0.15, -0.1) is 0 Å². The average molecular weight is 375 g/mol. The molecule has 2 heterocycles. The molecule has 1 fully saturated rings. The second-order valence-corrected chi connectivity index (χ2v) is 8.69. The van der Waals surface area contributed by atoms with Crippen molar-refractivity contribution in [1.29, 1.82) is 0 Å². The first kappa shape index (κ1) is 18.7. The van der Waals surface area contributed by atoms with E-state index >= 15 is 0 Å². The van der Waals surface area contributed by atoms with Crippen LogP contribution in [0.3, 0.4) is 0 Å². The minimum absolute atomic E-state index is 0.0431. The number of benzene rings is 1. The van der Waals surface area contributed by atoms with Gasteiger partial charge in [0.05, 0.1) is 6.26 Å². The number of amides is 1. The summed E-state index contributed by atoms with van der Waals surface area (Å²) >= 11 is 0. The number of likely N-dealkylation sites (tertiary alicyclic amines) is 1. The molecular weight excluding hydrogens is 350 g/mol. The standard InChI is InChI=1S/C19H25N3O3S/c1-15-8-9-16(13-18(15)21-10-5-6-11-21)19(23)22-12-4-3-7-17(22)14-20-26(2,24)25/h5-6,8-11,13,17,20H,3-4,7,12,14H2,1-2H3. The zero-order valence-electron chi connectivity index (χ0n) is 15.2. The van der Waals surface area contributed by atoms with E-state index in [2.05, 4.69) is 4.72 Å². The van der Waals surface area contributed by atoms with Crippen LogP contribution in [0.1, 0.15) is 35.2 Å². The first-order valence-corrected chi connectivity index (χ1v) is 10.7. The van der Waals surface area contributed by atoms with E-state index in [4.69, 9.17) is 0 Å². The van der Waals surface area contributed by atoms with Crippen molar-refractivity contribution in [3.63, 3.8) is 0 Å². The molecule has 1 aromatic heterocycles. The zero-order chi connectivity index (χ0) is 18.7. The highest BCUT2D eigenvalue weighted by molar-refractivity contribution is 7.88. The number of sulfonamides is 1. The van der Waals surface area contributed by atoms with Crippen molar-refractivity contribution in [2.45, 2.75) is 32.2 Å². The normalized spacial score (nSPS) is 18.1. The van der Waals surface area contributed by atoms with E-state index in [9.17, 15) is 13.2 Å². The molecular formula is C19H25N3O3S. The topological polar surface area (TPSA) is 71.4 Å². The van der Waals surface area contributed by atoms with Gasteiger partial charge < -0.3 is 9.47 Å². The van der Waals surface area contributed by atoms with Gasteiger partial charge in [-0.05, 0) is 56.0 Å². The van der Waals surface area contributed by atoms with Gasteiger partial charge >= 0.3 is 0 Å². The van der Waals surface area contributed by atoms with Crippen LogP contribution in [0, 0.1) is 6.92 Å². The monoisotopic (exact) mass is 375 g/mol. The van der Waals surface area contributed by atoms with E-state index in [1.165, 1.54) is 0 Å². The fourth-order valence-electron chi connectivity index (χ4n) is 3.41. The Bertz CT molecular complexity index is 875. The van der Waals surface area contributed by atoms with Crippen molar-refractivity contribution in [3.05, 3.63) is 53.9 Å². The summed E-state index contributed by atoms with van der Waals surface area (Å²) in [6.07, 6.45) is 7.81. The number of hydrogen-bond donors (Lipinski definition) is 1. The maximum absolute atomic E-state index is 13.1. The van der Waals surface area contributed by atoms with Gasteiger partial charge in [0.1, 0.15) is 0 Å². The number of nitrogens with zero attached hydrogens (tertiary/aromatic N) is 2. The number of carbonyl (C=O) groups excluding carboxylic acids is 1. The molecule has 1 unspecified atom stereocenters. The summed E-state index contributed by atoms with van der Waals surface area (Å²) in [5.41, 5.74) is 2.70. The van der Waals surface area contributed by atoms with Crippen LogP contribution < -0.4 is 4.72 Å². The second-order valence-electron chi connectivity index (χ2n) is 6.86. The highest BCUT2D eigenvalue weighted by atomic mass is 32.2. The van der Waals surface area contributed by atoms with Crippen LogP contribution in [-0.2, 0) is 10.0 Å². The van der Waals surface area contributed by atoms with E-state index in [0.29, 0.717) is 12.1 Å². The SMILES string of the molecule is Cc1ccc(C(=O)N2CCCCC2CNS(C)(=O)=O)cc1-n1cccc1. The highest BCUT2D eigenvalue weighted by Crippen LogP contribution is 2.22. The number of rotatable bonds is 5. The van der Waals surface area contributed by atoms with Crippen molar-refractivity contribution < 1.29 is 13.2 Å². The number of nitrogens with one attached hydrogen (secondary N) is 1. The van der Waals surface area contributed by atoms with Crippen LogP contribution >= 0.6 is 0 Å². The molecule has 1 aliphatic heterocycles. The highest BCUT2D eigenvalue weighted by Gasteiger charge is 2.28. The van der Waals surface area contributed by atoms with Gasteiger partial charge in [0.2, 0.25) is 10.0 Å². The Labute approximate surface area is 154 Å². The smallest absolute Gasteiger partial charge is 0.254 e. The summed E-state index contributed by atoms with van der Waals surface area (Å²) in [5.74, 6) is -0.0431. The van der Waals surface area contributed by atoms with Gasteiger partial charge in [0, 0.05) is 42.8 Å². The van der Waals surface area contributed by atoms with Crippen LogP contribution in [0.15, 0.2) is 42.7 Å². The van der Waals surface area contributed by atoms with Gasteiger partial charge in [-0.25, -0.2) is 13.1 Å². The predicted molar refractivity (Wildman–Crippen MR) is 102 cm³/mol. The molecule has 1 aliphatic rings. The Kier molecular flexibility index (Phi) is 5.48. The van der Waals surface area contributed by atoms with Crippen LogP contribution in [-0.4, -0.2) is 49.2 Å². The van der Waals surface area contributed by atoms with E-state index in [1.54, 1.807) is 0 Å². The molecule has 0 spiro atoms. The van der Waals surface area contributed by atoms with Crippen molar-refractivity contribution in [3.8, 4) is 5.69 Å². The summed E-state index contributed by atoms with van der Waals surface area (Å²) < 4.78 is 27.4. The minimum Gasteiger partial charge on any atom is -0.334 e. The molecule has 0 bridgehead atoms. The molecule has 2 aromatic rings. The molecule has 3 rings (SSSR count). The van der Waals surface area contributed by atoms with Crippen molar-refractivity contribution in [1.82, 2.24) is 14.2 Å². The Morgan fingerprint density at radius 3 is 2.65 bits per heavy atom. The molecule has 1 atom stereocenters. The first-order valence-electron chi connectivity index (χ1n) is 8.85. The largest absolute Gasteiger partial charge is 0.334 e. The van der Waals surface area contributed by atoms with E-state index < -0.39 is 10.0 Å². The lowest BCUT2D eigenvalue weighted by Gasteiger charge is -2.36. The third kappa shape index (κ3) is 4.34. The summed E-state index contributed by atoms with van der Waals surface area (Å²) in [4.78, 5) is 14.9. The fraction of sp³-hybridized carbons (Fsp3) is 0.421. The number of hydrogen-bond acceptors (Lipinski definition) is 3. The predicted octanol–water partition coefficient (Wildman–Crippen LogP) is 2.33. The molecule has 7 heteroatoms. The van der Waals surface area contributed by atoms with Gasteiger partial charge in [-0.1, -0.05) is 6.07 Å². The molecule has 0 aliphatic carbocycles. The summed E-state index contributed by atoms with van der Waals surface area (Å²) in [6.45, 7) is 2.94. The average Bonchev–Trinajstić information content (AvgIpc) is 3.14. The molecule has 1 N–H and O–H groups in total. The Balaban J connectivity index is 1.84. The van der Waals surface area contributed by atoms with Gasteiger partial charge in [0.15, 0.2) is 0 Å². The summed E-state index contributed by atoms with van der Waals surface area (Å²) in [5, 5.41) is 0. The summed E-state index contributed by atoms with van der Waals surface area (Å²) in [6, 6.07) is 9.50. The van der Waals surface area contributed by atoms with Crippen LogP contribution in [0.2, 0.25) is 0 Å². The number of aryl methyl sites for hydroxylation is 1. The zero-order valence-corrected chi connectivity index (χ0v) is 16.0. The molecule has 1 saturated heterocycles. The number of aromatic nitrogens is 1. The van der Waals surface area contributed by atoms with Crippen LogP contribution in [0.25, 0.3) is 5.69 Å². The Hall–Kier alpha value is -2.12. The number of piperidine rings is 1. The second kappa shape index (κ2) is 7.63. The molecule has 1 amide bonds. The maximum atomic E-state index is 13.1. The van der Waals surface area contributed by atoms with Gasteiger partial charge in [-0.2, -0.15) is 0 Å². The quantitative estimate of drug-likeness (QED) is 0.872. The Morgan fingerprint density at radius 2 is 1.96 bits per heavy atom. The fourth-order valence-corrected chi connectivity index (χ4v) is 3.90. The lowest BCUT2D eigenvalue weighted by Crippen LogP contribution is -2.49. The third-order valence-electron chi connectivity index (χ3n) is 4.81. The van der Waals surface area contributed by atoms with E-state index in [1.807, 2.05) is 59.1 Å². The van der Waals surface area contributed by atoms with Crippen LogP contribution in [0.4, 0.5) is 0 Å². The van der Waals surface area contributed by atoms with Crippen molar-refractivity contribution >= 4 is 15.9 Å². The molecule has 0 saturated carbocycles. The lowest BCUT2D eigenvalue weighted by molar-refractivity contribution is 0.0619. The molecule has 1 aromatic carbocycles. The summed E-state index contributed by atoms with van der Waals surface area (Å²) in [7, 11) is -3.27.